The van der Waals surface area contributed by atoms with E-state index in [1.807, 2.05) is 19.2 Å². The summed E-state index contributed by atoms with van der Waals surface area (Å²) in [7, 11) is 0. The molecule has 1 saturated heterocycles. The highest BCUT2D eigenvalue weighted by atomic mass is 32.1. The summed E-state index contributed by atoms with van der Waals surface area (Å²) in [5.41, 5.74) is -0.479. The molecule has 0 bridgehead atoms. The Morgan fingerprint density at radius 2 is 2.25 bits per heavy atom. The van der Waals surface area contributed by atoms with Crippen LogP contribution in [0, 0.1) is 0 Å². The maximum Gasteiger partial charge on any atom is 0.240 e. The van der Waals surface area contributed by atoms with Crippen molar-refractivity contribution in [2.75, 3.05) is 26.2 Å². The first-order chi connectivity index (χ1) is 9.55. The van der Waals surface area contributed by atoms with Gasteiger partial charge in [0.05, 0.1) is 11.6 Å². The van der Waals surface area contributed by atoms with E-state index in [0.29, 0.717) is 0 Å². The molecule has 0 saturated carbocycles. The molecule has 112 valence electrons. The van der Waals surface area contributed by atoms with Crippen molar-refractivity contribution in [1.82, 2.24) is 20.5 Å². The van der Waals surface area contributed by atoms with Crippen LogP contribution in [-0.4, -0.2) is 47.5 Å². The van der Waals surface area contributed by atoms with Crippen LogP contribution in [0.4, 0.5) is 0 Å². The second kappa shape index (κ2) is 6.65. The average molecular weight is 296 g/mol. The lowest BCUT2D eigenvalue weighted by molar-refractivity contribution is -0.133. The van der Waals surface area contributed by atoms with Crippen molar-refractivity contribution < 1.29 is 4.79 Å². The number of rotatable bonds is 5. The van der Waals surface area contributed by atoms with E-state index in [2.05, 4.69) is 27.4 Å². The Morgan fingerprint density at radius 3 is 2.80 bits per heavy atom. The van der Waals surface area contributed by atoms with Crippen molar-refractivity contribution in [1.29, 1.82) is 0 Å². The molecule has 0 aromatic carbocycles. The van der Waals surface area contributed by atoms with Crippen molar-refractivity contribution in [3.05, 3.63) is 16.6 Å². The zero-order chi connectivity index (χ0) is 14.6. The van der Waals surface area contributed by atoms with E-state index in [1.165, 1.54) is 0 Å². The molecule has 1 atom stereocenters. The van der Waals surface area contributed by atoms with Gasteiger partial charge in [0.1, 0.15) is 5.01 Å². The Kier molecular flexibility index (Phi) is 5.12. The van der Waals surface area contributed by atoms with Crippen LogP contribution in [0.3, 0.4) is 0 Å². The van der Waals surface area contributed by atoms with Gasteiger partial charge in [-0.2, -0.15) is 0 Å². The summed E-state index contributed by atoms with van der Waals surface area (Å²) in [6.07, 6.45) is 2.65. The van der Waals surface area contributed by atoms with Crippen molar-refractivity contribution in [3.8, 4) is 0 Å². The Bertz CT molecular complexity index is 426. The number of amides is 1. The molecule has 1 aliphatic heterocycles. The van der Waals surface area contributed by atoms with Crippen molar-refractivity contribution in [2.24, 2.45) is 0 Å². The van der Waals surface area contributed by atoms with Gasteiger partial charge in [-0.15, -0.1) is 11.3 Å². The molecule has 1 aromatic rings. The third-order valence-corrected chi connectivity index (χ3v) is 4.82. The first kappa shape index (κ1) is 15.4. The highest BCUT2D eigenvalue weighted by Gasteiger charge is 2.36. The molecule has 0 radical (unpaired) electrons. The lowest BCUT2D eigenvalue weighted by Crippen LogP contribution is -2.60. The summed E-state index contributed by atoms with van der Waals surface area (Å²) in [5.74, 6) is 0.0847. The number of thiazole rings is 1. The number of nitrogens with zero attached hydrogens (tertiary/aromatic N) is 2. The van der Waals surface area contributed by atoms with Gasteiger partial charge in [-0.3, -0.25) is 9.69 Å². The minimum absolute atomic E-state index is 0.0182. The molecule has 20 heavy (non-hydrogen) atoms. The van der Waals surface area contributed by atoms with Crippen molar-refractivity contribution >= 4 is 17.2 Å². The second-order valence-corrected chi connectivity index (χ2v) is 6.53. The highest BCUT2D eigenvalue weighted by molar-refractivity contribution is 7.09. The molecule has 2 rings (SSSR count). The summed E-state index contributed by atoms with van der Waals surface area (Å²) in [6.45, 7) is 9.79. The van der Waals surface area contributed by atoms with Gasteiger partial charge in [0.25, 0.3) is 0 Å². The zero-order valence-electron chi connectivity index (χ0n) is 12.5. The number of carbonyl (C=O) groups is 1. The topological polar surface area (TPSA) is 57.3 Å². The van der Waals surface area contributed by atoms with Crippen LogP contribution in [0.15, 0.2) is 11.6 Å². The zero-order valence-corrected chi connectivity index (χ0v) is 13.3. The quantitative estimate of drug-likeness (QED) is 0.862. The molecule has 1 amide bonds. The first-order valence-electron chi connectivity index (χ1n) is 7.21. The van der Waals surface area contributed by atoms with Gasteiger partial charge in [-0.1, -0.05) is 6.92 Å². The number of hydrogen-bond acceptors (Lipinski definition) is 5. The highest BCUT2D eigenvalue weighted by Crippen LogP contribution is 2.22. The lowest BCUT2D eigenvalue weighted by Gasteiger charge is -2.40. The minimum Gasteiger partial charge on any atom is -0.345 e. The number of hydrogen-bond donors (Lipinski definition) is 2. The number of piperazine rings is 1. The molecule has 6 heteroatoms. The van der Waals surface area contributed by atoms with Gasteiger partial charge < -0.3 is 10.6 Å². The van der Waals surface area contributed by atoms with Crippen LogP contribution in [-0.2, 0) is 4.79 Å². The third kappa shape index (κ3) is 3.37. The van der Waals surface area contributed by atoms with Crippen LogP contribution >= 0.6 is 11.3 Å². The van der Waals surface area contributed by atoms with Crippen LogP contribution in [0.1, 0.15) is 38.2 Å². The fourth-order valence-corrected chi connectivity index (χ4v) is 3.22. The van der Waals surface area contributed by atoms with E-state index < -0.39 is 5.54 Å². The molecule has 5 nitrogen and oxygen atoms in total. The predicted molar refractivity (Wildman–Crippen MR) is 81.8 cm³/mol. The summed E-state index contributed by atoms with van der Waals surface area (Å²) < 4.78 is 0. The monoisotopic (exact) mass is 296 g/mol. The molecule has 0 aliphatic carbocycles. The Hall–Kier alpha value is -0.980. The molecule has 1 unspecified atom stereocenters. The maximum absolute atomic E-state index is 12.6. The van der Waals surface area contributed by atoms with Crippen LogP contribution in [0.2, 0.25) is 0 Å². The molecule has 1 aliphatic rings. The fourth-order valence-electron chi connectivity index (χ4n) is 2.45. The van der Waals surface area contributed by atoms with Gasteiger partial charge in [-0.25, -0.2) is 4.98 Å². The molecule has 2 heterocycles. The fraction of sp³-hybridized carbons (Fsp3) is 0.714. The number of carbonyl (C=O) groups excluding carboxylic acids is 1. The van der Waals surface area contributed by atoms with E-state index in [4.69, 9.17) is 0 Å². The standard InChI is InChI=1S/C14H24N4OS/c1-4-11(12-16-7-10-20-12)17-13(19)14(2,3)18-8-5-15-6-9-18/h7,10-11,15H,4-6,8-9H2,1-3H3,(H,17,19). The van der Waals surface area contributed by atoms with Gasteiger partial charge in [0.2, 0.25) is 5.91 Å². The maximum atomic E-state index is 12.6. The summed E-state index contributed by atoms with van der Waals surface area (Å²) in [4.78, 5) is 19.2. The van der Waals surface area contributed by atoms with Gasteiger partial charge >= 0.3 is 0 Å². The second-order valence-electron chi connectivity index (χ2n) is 5.60. The smallest absolute Gasteiger partial charge is 0.240 e. The predicted octanol–water partition coefficient (Wildman–Crippen LogP) is 1.39. The summed E-state index contributed by atoms with van der Waals surface area (Å²) in [6, 6.07) is 0.0182. The molecule has 2 N–H and O–H groups in total. The van der Waals surface area contributed by atoms with E-state index >= 15 is 0 Å². The van der Waals surface area contributed by atoms with Crippen LogP contribution in [0.5, 0.6) is 0 Å². The van der Waals surface area contributed by atoms with Crippen molar-refractivity contribution in [2.45, 2.75) is 38.8 Å². The Morgan fingerprint density at radius 1 is 1.55 bits per heavy atom. The van der Waals surface area contributed by atoms with Gasteiger partial charge in [-0.05, 0) is 20.3 Å². The molecule has 1 fully saturated rings. The van der Waals surface area contributed by atoms with E-state index in [1.54, 1.807) is 17.5 Å². The number of aromatic nitrogens is 1. The summed E-state index contributed by atoms with van der Waals surface area (Å²) in [5, 5.41) is 9.41. The van der Waals surface area contributed by atoms with E-state index in [9.17, 15) is 4.79 Å². The largest absolute Gasteiger partial charge is 0.345 e. The average Bonchev–Trinajstić information content (AvgIpc) is 2.99. The van der Waals surface area contributed by atoms with Crippen LogP contribution < -0.4 is 10.6 Å². The first-order valence-corrected chi connectivity index (χ1v) is 8.09. The van der Waals surface area contributed by atoms with E-state index in [0.717, 1.165) is 37.6 Å². The Labute approximate surface area is 124 Å². The third-order valence-electron chi connectivity index (χ3n) is 3.93. The molecule has 0 spiro atoms. The number of nitrogens with one attached hydrogen (secondary N) is 2. The Balaban J connectivity index is 2.02. The van der Waals surface area contributed by atoms with Gasteiger partial charge in [0, 0.05) is 37.8 Å². The molecule has 1 aromatic heterocycles. The summed E-state index contributed by atoms with van der Waals surface area (Å²) >= 11 is 1.59. The molecular weight excluding hydrogens is 272 g/mol. The normalized spacial score (nSPS) is 18.8. The molecular formula is C14H24N4OS. The lowest BCUT2D eigenvalue weighted by atomic mass is 9.99. The van der Waals surface area contributed by atoms with E-state index in [-0.39, 0.29) is 11.9 Å². The van der Waals surface area contributed by atoms with Crippen molar-refractivity contribution in [3.63, 3.8) is 0 Å². The SMILES string of the molecule is CCC(NC(=O)C(C)(C)N1CCNCC1)c1nccs1. The minimum atomic E-state index is -0.479. The van der Waals surface area contributed by atoms with Crippen LogP contribution in [0.25, 0.3) is 0 Å². The van der Waals surface area contributed by atoms with Gasteiger partial charge in [0.15, 0.2) is 0 Å².